The Morgan fingerprint density at radius 2 is 2.06 bits per heavy atom. The fraction of sp³-hybridized carbons (Fsp3) is 0.200. The van der Waals surface area contributed by atoms with Crippen molar-refractivity contribution < 1.29 is 19.1 Å². The second-order valence-electron chi connectivity index (χ2n) is 3.17. The number of nitrogens with one attached hydrogen (secondary N) is 2. The zero-order valence-corrected chi connectivity index (χ0v) is 9.42. The number of hydrogen-bond donors (Lipinski definition) is 3. The molecular weight excluding hydrogens is 251 g/mol. The molecule has 0 aliphatic carbocycles. The first-order valence-corrected chi connectivity index (χ1v) is 5.04. The Hall–Kier alpha value is -1.82. The quantitative estimate of drug-likeness (QED) is 0.765. The zero-order valence-electron chi connectivity index (χ0n) is 8.67. The first-order chi connectivity index (χ1) is 7.99. The summed E-state index contributed by atoms with van der Waals surface area (Å²) in [6, 6.07) is 3.12. The van der Waals surface area contributed by atoms with Crippen LogP contribution in [0.4, 0.5) is 9.18 Å². The third kappa shape index (κ3) is 4.69. The third-order valence-electron chi connectivity index (χ3n) is 1.85. The number of rotatable bonds is 4. The van der Waals surface area contributed by atoms with Gasteiger partial charge in [-0.05, 0) is 23.8 Å². The van der Waals surface area contributed by atoms with Gasteiger partial charge in [-0.25, -0.2) is 9.18 Å². The molecule has 1 aromatic rings. The summed E-state index contributed by atoms with van der Waals surface area (Å²) >= 11 is 5.77. The van der Waals surface area contributed by atoms with E-state index in [1.807, 2.05) is 0 Å². The molecule has 7 heteroatoms. The van der Waals surface area contributed by atoms with E-state index in [4.69, 9.17) is 16.7 Å². The van der Waals surface area contributed by atoms with Crippen molar-refractivity contribution in [2.75, 3.05) is 6.54 Å². The summed E-state index contributed by atoms with van der Waals surface area (Å²) < 4.78 is 12.9. The average Bonchev–Trinajstić information content (AvgIpc) is 2.27. The molecule has 0 saturated carbocycles. The van der Waals surface area contributed by atoms with Gasteiger partial charge in [-0.1, -0.05) is 11.6 Å². The lowest BCUT2D eigenvalue weighted by Gasteiger charge is -2.07. The predicted molar refractivity (Wildman–Crippen MR) is 59.3 cm³/mol. The maximum atomic E-state index is 12.9. The number of halogens is 2. The van der Waals surface area contributed by atoms with E-state index < -0.39 is 24.4 Å². The number of amides is 2. The SMILES string of the molecule is O=C(O)CNC(=O)NCc1cc(F)ccc1Cl. The fourth-order valence-corrected chi connectivity index (χ4v) is 1.26. The van der Waals surface area contributed by atoms with Gasteiger partial charge in [0.2, 0.25) is 0 Å². The van der Waals surface area contributed by atoms with Gasteiger partial charge in [-0.3, -0.25) is 4.79 Å². The van der Waals surface area contributed by atoms with Gasteiger partial charge < -0.3 is 15.7 Å². The van der Waals surface area contributed by atoms with Gasteiger partial charge in [0.15, 0.2) is 0 Å². The summed E-state index contributed by atoms with van der Waals surface area (Å²) in [4.78, 5) is 21.3. The van der Waals surface area contributed by atoms with E-state index in [2.05, 4.69) is 10.6 Å². The summed E-state index contributed by atoms with van der Waals surface area (Å²) in [5, 5.41) is 13.1. The number of carboxylic acids is 1. The van der Waals surface area contributed by atoms with Crippen molar-refractivity contribution in [2.24, 2.45) is 0 Å². The van der Waals surface area contributed by atoms with Crippen LogP contribution in [0.15, 0.2) is 18.2 Å². The van der Waals surface area contributed by atoms with E-state index in [0.29, 0.717) is 10.6 Å². The van der Waals surface area contributed by atoms with Crippen LogP contribution in [0.25, 0.3) is 0 Å². The van der Waals surface area contributed by atoms with Crippen LogP contribution in [-0.2, 0) is 11.3 Å². The Balaban J connectivity index is 2.47. The van der Waals surface area contributed by atoms with Crippen molar-refractivity contribution >= 4 is 23.6 Å². The van der Waals surface area contributed by atoms with Gasteiger partial charge in [-0.2, -0.15) is 0 Å². The second kappa shape index (κ2) is 6.05. The molecule has 5 nitrogen and oxygen atoms in total. The summed E-state index contributed by atoms with van der Waals surface area (Å²) in [5.74, 6) is -1.61. The zero-order chi connectivity index (χ0) is 12.8. The van der Waals surface area contributed by atoms with Crippen LogP contribution in [0.1, 0.15) is 5.56 Å². The topological polar surface area (TPSA) is 78.4 Å². The first-order valence-electron chi connectivity index (χ1n) is 4.66. The molecular formula is C10H10ClFN2O3. The molecule has 0 aliphatic heterocycles. The van der Waals surface area contributed by atoms with E-state index in [1.165, 1.54) is 18.2 Å². The number of carbonyl (C=O) groups excluding carboxylic acids is 1. The smallest absolute Gasteiger partial charge is 0.323 e. The molecule has 0 aliphatic rings. The van der Waals surface area contributed by atoms with Crippen molar-refractivity contribution in [1.29, 1.82) is 0 Å². The highest BCUT2D eigenvalue weighted by Gasteiger charge is 2.06. The van der Waals surface area contributed by atoms with Crippen LogP contribution in [0.5, 0.6) is 0 Å². The minimum atomic E-state index is -1.15. The van der Waals surface area contributed by atoms with Gasteiger partial charge in [0.25, 0.3) is 0 Å². The minimum absolute atomic E-state index is 0.0159. The molecule has 0 spiro atoms. The fourth-order valence-electron chi connectivity index (χ4n) is 1.07. The van der Waals surface area contributed by atoms with Crippen molar-refractivity contribution in [3.05, 3.63) is 34.6 Å². The Morgan fingerprint density at radius 1 is 1.35 bits per heavy atom. The predicted octanol–water partition coefficient (Wildman–Crippen LogP) is 1.36. The molecule has 0 unspecified atom stereocenters. The molecule has 0 radical (unpaired) electrons. The van der Waals surface area contributed by atoms with Crippen molar-refractivity contribution in [3.8, 4) is 0 Å². The number of urea groups is 1. The molecule has 0 fully saturated rings. The van der Waals surface area contributed by atoms with E-state index in [1.54, 1.807) is 0 Å². The number of benzene rings is 1. The lowest BCUT2D eigenvalue weighted by atomic mass is 10.2. The van der Waals surface area contributed by atoms with E-state index in [-0.39, 0.29) is 6.54 Å². The van der Waals surface area contributed by atoms with Crippen molar-refractivity contribution in [1.82, 2.24) is 10.6 Å². The van der Waals surface area contributed by atoms with Gasteiger partial charge >= 0.3 is 12.0 Å². The Bertz CT molecular complexity index is 440. The first kappa shape index (κ1) is 13.2. The molecule has 92 valence electrons. The maximum absolute atomic E-state index is 12.9. The molecule has 0 atom stereocenters. The monoisotopic (exact) mass is 260 g/mol. The third-order valence-corrected chi connectivity index (χ3v) is 2.22. The molecule has 0 aromatic heterocycles. The van der Waals surface area contributed by atoms with E-state index in [0.717, 1.165) is 0 Å². The molecule has 0 heterocycles. The summed E-state index contributed by atoms with van der Waals surface area (Å²) in [5.41, 5.74) is 0.414. The van der Waals surface area contributed by atoms with E-state index in [9.17, 15) is 14.0 Å². The van der Waals surface area contributed by atoms with Crippen LogP contribution in [0.3, 0.4) is 0 Å². The maximum Gasteiger partial charge on any atom is 0.323 e. The van der Waals surface area contributed by atoms with Crippen LogP contribution in [0.2, 0.25) is 5.02 Å². The second-order valence-corrected chi connectivity index (χ2v) is 3.57. The summed E-state index contributed by atoms with van der Waals surface area (Å²) in [6.07, 6.45) is 0. The average molecular weight is 261 g/mol. The molecule has 1 aromatic carbocycles. The minimum Gasteiger partial charge on any atom is -0.480 e. The highest BCUT2D eigenvalue weighted by molar-refractivity contribution is 6.31. The number of aliphatic carboxylic acids is 1. The molecule has 3 N–H and O–H groups in total. The standard InChI is InChI=1S/C10H10ClFN2O3/c11-8-2-1-7(12)3-6(8)4-13-10(17)14-5-9(15)16/h1-3H,4-5H2,(H,15,16)(H2,13,14,17). The van der Waals surface area contributed by atoms with Gasteiger partial charge in [0, 0.05) is 11.6 Å². The number of carboxylic acid groups (broad SMARTS) is 1. The van der Waals surface area contributed by atoms with Crippen molar-refractivity contribution in [2.45, 2.75) is 6.54 Å². The van der Waals surface area contributed by atoms with Crippen LogP contribution in [-0.4, -0.2) is 23.7 Å². The van der Waals surface area contributed by atoms with Gasteiger partial charge in [0.1, 0.15) is 12.4 Å². The lowest BCUT2D eigenvalue weighted by Crippen LogP contribution is -2.38. The van der Waals surface area contributed by atoms with Gasteiger partial charge in [-0.15, -0.1) is 0 Å². The van der Waals surface area contributed by atoms with Crippen LogP contribution in [0, 0.1) is 5.82 Å². The van der Waals surface area contributed by atoms with Crippen molar-refractivity contribution in [3.63, 3.8) is 0 Å². The summed E-state index contributed by atoms with van der Waals surface area (Å²) in [6.45, 7) is -0.467. The van der Waals surface area contributed by atoms with Gasteiger partial charge in [0.05, 0.1) is 0 Å². The van der Waals surface area contributed by atoms with Crippen LogP contribution < -0.4 is 10.6 Å². The number of carbonyl (C=O) groups is 2. The van der Waals surface area contributed by atoms with Crippen LogP contribution >= 0.6 is 11.6 Å². The molecule has 0 bridgehead atoms. The highest BCUT2D eigenvalue weighted by Crippen LogP contribution is 2.16. The Morgan fingerprint density at radius 3 is 2.71 bits per heavy atom. The largest absolute Gasteiger partial charge is 0.480 e. The summed E-state index contributed by atoms with van der Waals surface area (Å²) in [7, 11) is 0. The Kier molecular flexibility index (Phi) is 4.71. The Labute approximate surface area is 102 Å². The highest BCUT2D eigenvalue weighted by atomic mass is 35.5. The molecule has 2 amide bonds. The molecule has 17 heavy (non-hydrogen) atoms. The van der Waals surface area contributed by atoms with E-state index >= 15 is 0 Å². The normalized spacial score (nSPS) is 9.76. The molecule has 1 rings (SSSR count). The lowest BCUT2D eigenvalue weighted by molar-refractivity contribution is -0.135. The molecule has 0 saturated heterocycles. The number of hydrogen-bond acceptors (Lipinski definition) is 2.